The number of rotatable bonds is 5. The van der Waals surface area contributed by atoms with Crippen LogP contribution in [-0.2, 0) is 14.8 Å². The van der Waals surface area contributed by atoms with Gasteiger partial charge in [0.05, 0.1) is 6.54 Å². The van der Waals surface area contributed by atoms with E-state index in [4.69, 9.17) is 0 Å². The van der Waals surface area contributed by atoms with Crippen molar-refractivity contribution in [3.63, 3.8) is 0 Å². The van der Waals surface area contributed by atoms with E-state index in [1.165, 1.54) is 0 Å². The number of likely N-dealkylation sites (N-methyl/N-ethyl adjacent to an activating group) is 1. The van der Waals surface area contributed by atoms with Gasteiger partial charge in [0.25, 0.3) is 0 Å². The summed E-state index contributed by atoms with van der Waals surface area (Å²) in [6.07, 6.45) is 0. The molecule has 0 unspecified atom stereocenters. The molecule has 1 N–H and O–H groups in total. The summed E-state index contributed by atoms with van der Waals surface area (Å²) in [4.78, 5) is 11.5. The van der Waals surface area contributed by atoms with Crippen LogP contribution >= 0.6 is 0 Å². The highest BCUT2D eigenvalue weighted by Crippen LogP contribution is 2.23. The standard InChI is InChI=1S/C19H16F2N2O3S/c1-23(27(25,26)18-11-14(20)9-10-16(18)21)12-19(24)22-17-8-4-6-13-5-2-3-7-15(13)17/h2-11H,12H2,1H3,(H,22,24). The van der Waals surface area contributed by atoms with Gasteiger partial charge in [-0.15, -0.1) is 0 Å². The Kier molecular flexibility index (Phi) is 5.20. The molecule has 0 heterocycles. The average Bonchev–Trinajstić information content (AvgIpc) is 2.63. The first-order valence-corrected chi connectivity index (χ1v) is 9.42. The molecule has 27 heavy (non-hydrogen) atoms. The number of anilines is 1. The lowest BCUT2D eigenvalue weighted by molar-refractivity contribution is -0.116. The summed E-state index contributed by atoms with van der Waals surface area (Å²) < 4.78 is 52.7. The minimum absolute atomic E-state index is 0.529. The van der Waals surface area contributed by atoms with E-state index in [0.717, 1.165) is 30.0 Å². The van der Waals surface area contributed by atoms with Gasteiger partial charge >= 0.3 is 0 Å². The number of amides is 1. The SMILES string of the molecule is CN(CC(=O)Nc1cccc2ccccc12)S(=O)(=O)c1cc(F)ccc1F. The molecular formula is C19H16F2N2O3S. The molecule has 5 nitrogen and oxygen atoms in total. The number of hydrogen-bond donors (Lipinski definition) is 1. The van der Waals surface area contributed by atoms with Crippen LogP contribution in [0.15, 0.2) is 65.6 Å². The van der Waals surface area contributed by atoms with E-state index in [1.807, 2.05) is 30.3 Å². The molecule has 0 aliphatic heterocycles. The number of halogens is 2. The fraction of sp³-hybridized carbons (Fsp3) is 0.105. The van der Waals surface area contributed by atoms with E-state index < -0.39 is 39.0 Å². The van der Waals surface area contributed by atoms with E-state index in [0.29, 0.717) is 16.1 Å². The van der Waals surface area contributed by atoms with Gasteiger partial charge in [-0.25, -0.2) is 17.2 Å². The van der Waals surface area contributed by atoms with Crippen molar-refractivity contribution in [2.75, 3.05) is 18.9 Å². The van der Waals surface area contributed by atoms with Crippen molar-refractivity contribution in [1.82, 2.24) is 4.31 Å². The van der Waals surface area contributed by atoms with Crippen molar-refractivity contribution >= 4 is 32.4 Å². The van der Waals surface area contributed by atoms with E-state index >= 15 is 0 Å². The van der Waals surface area contributed by atoms with Crippen LogP contribution in [0.3, 0.4) is 0 Å². The minimum Gasteiger partial charge on any atom is -0.324 e. The van der Waals surface area contributed by atoms with Gasteiger partial charge in [0.15, 0.2) is 0 Å². The zero-order chi connectivity index (χ0) is 19.6. The molecule has 0 fully saturated rings. The molecule has 3 aromatic rings. The lowest BCUT2D eigenvalue weighted by Gasteiger charge is -2.17. The Hall–Kier alpha value is -2.84. The second-order valence-corrected chi connectivity index (χ2v) is 7.92. The van der Waals surface area contributed by atoms with Gasteiger partial charge in [-0.2, -0.15) is 4.31 Å². The van der Waals surface area contributed by atoms with E-state index in [2.05, 4.69) is 5.32 Å². The van der Waals surface area contributed by atoms with Crippen molar-refractivity contribution in [3.05, 3.63) is 72.3 Å². The Morgan fingerprint density at radius 3 is 2.52 bits per heavy atom. The van der Waals surface area contributed by atoms with Crippen LogP contribution in [0.1, 0.15) is 0 Å². The van der Waals surface area contributed by atoms with Gasteiger partial charge in [-0.1, -0.05) is 36.4 Å². The lowest BCUT2D eigenvalue weighted by Crippen LogP contribution is -2.35. The summed E-state index contributed by atoms with van der Waals surface area (Å²) in [5.74, 6) is -2.57. The summed E-state index contributed by atoms with van der Waals surface area (Å²) in [5.41, 5.74) is 0.529. The number of fused-ring (bicyclic) bond motifs is 1. The summed E-state index contributed by atoms with van der Waals surface area (Å²) in [5, 5.41) is 4.37. The second-order valence-electron chi connectivity index (χ2n) is 5.91. The highest BCUT2D eigenvalue weighted by atomic mass is 32.2. The molecule has 0 aromatic heterocycles. The Balaban J connectivity index is 1.80. The zero-order valence-corrected chi connectivity index (χ0v) is 15.1. The fourth-order valence-corrected chi connectivity index (χ4v) is 3.85. The van der Waals surface area contributed by atoms with Crippen LogP contribution < -0.4 is 5.32 Å². The van der Waals surface area contributed by atoms with E-state index in [-0.39, 0.29) is 0 Å². The maximum atomic E-state index is 13.8. The third-order valence-electron chi connectivity index (χ3n) is 4.01. The molecular weight excluding hydrogens is 374 g/mol. The number of sulfonamides is 1. The normalized spacial score (nSPS) is 11.7. The predicted molar refractivity (Wildman–Crippen MR) is 98.8 cm³/mol. The number of carbonyl (C=O) groups is 1. The lowest BCUT2D eigenvalue weighted by atomic mass is 10.1. The first-order valence-electron chi connectivity index (χ1n) is 7.98. The van der Waals surface area contributed by atoms with Gasteiger partial charge < -0.3 is 5.32 Å². The monoisotopic (exact) mass is 390 g/mol. The van der Waals surface area contributed by atoms with Gasteiger partial charge in [0.1, 0.15) is 16.5 Å². The van der Waals surface area contributed by atoms with Gasteiger partial charge in [-0.05, 0) is 29.7 Å². The van der Waals surface area contributed by atoms with Crippen LogP contribution in [0.25, 0.3) is 10.8 Å². The number of benzene rings is 3. The molecule has 0 bridgehead atoms. The van der Waals surface area contributed by atoms with Crippen LogP contribution in [0.4, 0.5) is 14.5 Å². The van der Waals surface area contributed by atoms with Crippen LogP contribution in [0, 0.1) is 11.6 Å². The molecule has 3 aromatic carbocycles. The summed E-state index contributed by atoms with van der Waals surface area (Å²) in [7, 11) is -3.24. The Morgan fingerprint density at radius 2 is 1.74 bits per heavy atom. The molecule has 140 valence electrons. The first kappa shape index (κ1) is 18.9. The maximum Gasteiger partial charge on any atom is 0.246 e. The molecule has 0 saturated carbocycles. The van der Waals surface area contributed by atoms with Crippen molar-refractivity contribution < 1.29 is 22.0 Å². The van der Waals surface area contributed by atoms with Gasteiger partial charge in [0, 0.05) is 18.1 Å². The van der Waals surface area contributed by atoms with E-state index in [1.54, 1.807) is 12.1 Å². The Labute approximate surface area is 155 Å². The summed E-state index contributed by atoms with van der Waals surface area (Å²) >= 11 is 0. The van der Waals surface area contributed by atoms with E-state index in [9.17, 15) is 22.0 Å². The third kappa shape index (κ3) is 3.96. The van der Waals surface area contributed by atoms with Crippen LogP contribution in [-0.4, -0.2) is 32.2 Å². The highest BCUT2D eigenvalue weighted by Gasteiger charge is 2.26. The molecule has 0 spiro atoms. The van der Waals surface area contributed by atoms with Gasteiger partial charge in [0.2, 0.25) is 15.9 Å². The molecule has 0 radical (unpaired) electrons. The molecule has 1 amide bonds. The highest BCUT2D eigenvalue weighted by molar-refractivity contribution is 7.89. The molecule has 0 aliphatic carbocycles. The van der Waals surface area contributed by atoms with Gasteiger partial charge in [-0.3, -0.25) is 4.79 Å². The molecule has 0 atom stereocenters. The summed E-state index contributed by atoms with van der Waals surface area (Å²) in [6.45, 7) is -0.554. The third-order valence-corrected chi connectivity index (χ3v) is 5.83. The molecule has 3 rings (SSSR count). The quantitative estimate of drug-likeness (QED) is 0.726. The number of nitrogens with one attached hydrogen (secondary N) is 1. The maximum absolute atomic E-state index is 13.8. The Morgan fingerprint density at radius 1 is 1.04 bits per heavy atom. The number of carbonyl (C=O) groups excluding carboxylic acids is 1. The topological polar surface area (TPSA) is 66.5 Å². The van der Waals surface area contributed by atoms with Crippen molar-refractivity contribution in [3.8, 4) is 0 Å². The minimum atomic E-state index is -4.36. The molecule has 8 heteroatoms. The predicted octanol–water partition coefficient (Wildman–Crippen LogP) is 3.38. The average molecular weight is 390 g/mol. The van der Waals surface area contributed by atoms with Crippen LogP contribution in [0.5, 0.6) is 0 Å². The van der Waals surface area contributed by atoms with Crippen molar-refractivity contribution in [2.45, 2.75) is 4.90 Å². The van der Waals surface area contributed by atoms with Crippen molar-refractivity contribution in [1.29, 1.82) is 0 Å². The largest absolute Gasteiger partial charge is 0.324 e. The van der Waals surface area contributed by atoms with Crippen molar-refractivity contribution in [2.24, 2.45) is 0 Å². The number of hydrogen-bond acceptors (Lipinski definition) is 3. The first-order chi connectivity index (χ1) is 12.8. The molecule has 0 aliphatic rings. The Bertz CT molecular complexity index is 1110. The second kappa shape index (κ2) is 7.42. The summed E-state index contributed by atoms with van der Waals surface area (Å²) in [6, 6.07) is 14.9. The zero-order valence-electron chi connectivity index (χ0n) is 14.3. The number of nitrogens with zero attached hydrogens (tertiary/aromatic N) is 1. The smallest absolute Gasteiger partial charge is 0.246 e. The molecule has 0 saturated heterocycles. The fourth-order valence-electron chi connectivity index (χ4n) is 2.65. The van der Waals surface area contributed by atoms with Crippen LogP contribution in [0.2, 0.25) is 0 Å².